The van der Waals surface area contributed by atoms with E-state index in [0.717, 1.165) is 63.7 Å². The molecule has 1 N–H and O–H groups in total. The van der Waals surface area contributed by atoms with Crippen molar-refractivity contribution in [2.75, 3.05) is 50.8 Å². The minimum atomic E-state index is -2.80. The van der Waals surface area contributed by atoms with E-state index in [0.29, 0.717) is 17.6 Å². The average Bonchev–Trinajstić information content (AvgIpc) is 3.14. The molecule has 3 heterocycles. The Labute approximate surface area is 138 Å². The molecule has 0 unspecified atom stereocenters. The Morgan fingerprint density at radius 3 is 2.59 bits per heavy atom. The Hall–Kier alpha value is -0.440. The fraction of sp³-hybridized carbons (Fsp3) is 0.929. The summed E-state index contributed by atoms with van der Waals surface area (Å²) in [6, 6.07) is 0.209. The Morgan fingerprint density at radius 1 is 1.23 bits per heavy atom. The number of hydrogen-bond acceptors (Lipinski definition) is 5. The van der Waals surface area contributed by atoms with Gasteiger partial charge in [-0.15, -0.1) is 0 Å². The van der Waals surface area contributed by atoms with Crippen LogP contribution in [0.4, 0.5) is 0 Å². The molecular formula is C14H25N3O3S2. The normalized spacial score (nSPS) is 32.3. The molecule has 0 saturated carbocycles. The molecule has 2 atom stereocenters. The van der Waals surface area contributed by atoms with Gasteiger partial charge in [0.15, 0.2) is 14.9 Å². The van der Waals surface area contributed by atoms with Crippen LogP contribution in [0.3, 0.4) is 0 Å². The van der Waals surface area contributed by atoms with Gasteiger partial charge < -0.3 is 15.0 Å². The van der Waals surface area contributed by atoms with Crippen LogP contribution < -0.4 is 5.32 Å². The van der Waals surface area contributed by atoms with E-state index in [-0.39, 0.29) is 6.04 Å². The maximum absolute atomic E-state index is 11.6. The molecule has 0 bridgehead atoms. The first kappa shape index (κ1) is 16.4. The van der Waals surface area contributed by atoms with Gasteiger partial charge in [0, 0.05) is 45.4 Å². The van der Waals surface area contributed by atoms with Crippen LogP contribution >= 0.6 is 12.2 Å². The largest absolute Gasteiger partial charge is 0.376 e. The molecule has 8 heteroatoms. The highest BCUT2D eigenvalue weighted by molar-refractivity contribution is 7.91. The lowest BCUT2D eigenvalue weighted by Crippen LogP contribution is -2.54. The third-order valence-electron chi connectivity index (χ3n) is 4.83. The van der Waals surface area contributed by atoms with Crippen molar-refractivity contribution in [3.05, 3.63) is 0 Å². The van der Waals surface area contributed by atoms with Crippen molar-refractivity contribution in [1.82, 2.24) is 15.1 Å². The molecule has 0 aliphatic carbocycles. The summed E-state index contributed by atoms with van der Waals surface area (Å²) in [6.07, 6.45) is 3.33. The highest BCUT2D eigenvalue weighted by atomic mass is 32.2. The number of rotatable bonds is 3. The van der Waals surface area contributed by atoms with Crippen LogP contribution in [0.15, 0.2) is 0 Å². The minimum Gasteiger partial charge on any atom is -0.376 e. The first-order valence-corrected chi connectivity index (χ1v) is 10.4. The van der Waals surface area contributed by atoms with Gasteiger partial charge in [-0.2, -0.15) is 0 Å². The van der Waals surface area contributed by atoms with Crippen LogP contribution in [0, 0.1) is 0 Å². The van der Waals surface area contributed by atoms with Gasteiger partial charge in [0.2, 0.25) is 0 Å². The molecule has 22 heavy (non-hydrogen) atoms. The molecule has 0 amide bonds. The molecule has 3 fully saturated rings. The number of piperazine rings is 1. The smallest absolute Gasteiger partial charge is 0.169 e. The number of thiocarbonyl (C=S) groups is 1. The summed E-state index contributed by atoms with van der Waals surface area (Å²) >= 11 is 5.46. The molecule has 0 aromatic rings. The number of nitrogens with one attached hydrogen (secondary N) is 1. The molecular weight excluding hydrogens is 322 g/mol. The van der Waals surface area contributed by atoms with E-state index in [1.807, 2.05) is 0 Å². The summed E-state index contributed by atoms with van der Waals surface area (Å²) in [5.74, 6) is 0.675. The SMILES string of the molecule is O=S1(=O)CC[C@H](N2CCN(C(=S)NC[C@@H]3CCCO3)CC2)C1. The zero-order valence-corrected chi connectivity index (χ0v) is 14.5. The predicted octanol–water partition coefficient (Wildman–Crippen LogP) is -0.155. The molecule has 0 spiro atoms. The number of nitrogens with zero attached hydrogens (tertiary/aromatic N) is 2. The van der Waals surface area contributed by atoms with E-state index in [1.165, 1.54) is 0 Å². The molecule has 3 aliphatic rings. The van der Waals surface area contributed by atoms with Crippen LogP contribution in [-0.4, -0.2) is 86.3 Å². The minimum absolute atomic E-state index is 0.209. The summed E-state index contributed by atoms with van der Waals surface area (Å²) in [6.45, 7) is 5.17. The van der Waals surface area contributed by atoms with Gasteiger partial charge in [0.25, 0.3) is 0 Å². The molecule has 126 valence electrons. The molecule has 0 radical (unpaired) electrons. The lowest BCUT2D eigenvalue weighted by molar-refractivity contribution is 0.111. The van der Waals surface area contributed by atoms with Crippen molar-refractivity contribution >= 4 is 27.2 Å². The molecule has 3 saturated heterocycles. The summed E-state index contributed by atoms with van der Waals surface area (Å²) in [5.41, 5.74) is 0. The summed E-state index contributed by atoms with van der Waals surface area (Å²) in [7, 11) is -2.80. The fourth-order valence-corrected chi connectivity index (χ4v) is 5.50. The number of ether oxygens (including phenoxy) is 1. The molecule has 6 nitrogen and oxygen atoms in total. The highest BCUT2D eigenvalue weighted by Gasteiger charge is 2.34. The second kappa shape index (κ2) is 6.98. The quantitative estimate of drug-likeness (QED) is 0.712. The van der Waals surface area contributed by atoms with Crippen molar-refractivity contribution < 1.29 is 13.2 Å². The number of sulfone groups is 1. The second-order valence-corrected chi connectivity index (χ2v) is 9.02. The number of hydrogen-bond donors (Lipinski definition) is 1. The summed E-state index contributed by atoms with van der Waals surface area (Å²) < 4.78 is 28.8. The van der Waals surface area contributed by atoms with Gasteiger partial charge in [-0.05, 0) is 31.5 Å². The van der Waals surface area contributed by atoms with Crippen molar-refractivity contribution in [1.29, 1.82) is 0 Å². The molecule has 0 aromatic heterocycles. The van der Waals surface area contributed by atoms with Gasteiger partial charge in [-0.25, -0.2) is 8.42 Å². The monoisotopic (exact) mass is 347 g/mol. The van der Waals surface area contributed by atoms with E-state index in [1.54, 1.807) is 0 Å². The predicted molar refractivity (Wildman–Crippen MR) is 89.8 cm³/mol. The summed E-state index contributed by atoms with van der Waals surface area (Å²) in [4.78, 5) is 4.49. The first-order chi connectivity index (χ1) is 10.5. The Kier molecular flexibility index (Phi) is 5.21. The zero-order chi connectivity index (χ0) is 15.6. The van der Waals surface area contributed by atoms with E-state index >= 15 is 0 Å². The second-order valence-electron chi connectivity index (χ2n) is 6.40. The molecule has 0 aromatic carbocycles. The zero-order valence-electron chi connectivity index (χ0n) is 12.9. The van der Waals surface area contributed by atoms with Crippen LogP contribution in [0.5, 0.6) is 0 Å². The van der Waals surface area contributed by atoms with Crippen molar-refractivity contribution in [2.24, 2.45) is 0 Å². The maximum atomic E-state index is 11.6. The Morgan fingerprint density at radius 2 is 2.00 bits per heavy atom. The van der Waals surface area contributed by atoms with Crippen molar-refractivity contribution in [3.63, 3.8) is 0 Å². The van der Waals surface area contributed by atoms with Gasteiger partial charge in [0.1, 0.15) is 0 Å². The maximum Gasteiger partial charge on any atom is 0.169 e. The third kappa shape index (κ3) is 4.10. The Balaban J connectivity index is 1.40. The standard InChI is InChI=1S/C14H25N3O3S2/c18-22(19)9-3-12(11-22)16-4-6-17(7-5-16)14(21)15-10-13-2-1-8-20-13/h12-13H,1-11H2,(H,15,21)/t12-,13-/m0/s1. The van der Waals surface area contributed by atoms with E-state index in [9.17, 15) is 8.42 Å². The van der Waals surface area contributed by atoms with Crippen LogP contribution in [0.25, 0.3) is 0 Å². The molecule has 3 rings (SSSR count). The van der Waals surface area contributed by atoms with Crippen LogP contribution in [0.2, 0.25) is 0 Å². The molecule has 3 aliphatic heterocycles. The van der Waals surface area contributed by atoms with Gasteiger partial charge in [-0.1, -0.05) is 0 Å². The van der Waals surface area contributed by atoms with E-state index < -0.39 is 9.84 Å². The average molecular weight is 348 g/mol. The van der Waals surface area contributed by atoms with Gasteiger partial charge in [0.05, 0.1) is 17.6 Å². The van der Waals surface area contributed by atoms with Gasteiger partial charge in [-0.3, -0.25) is 4.90 Å². The van der Waals surface area contributed by atoms with E-state index in [2.05, 4.69) is 15.1 Å². The van der Waals surface area contributed by atoms with Crippen LogP contribution in [0.1, 0.15) is 19.3 Å². The lowest BCUT2D eigenvalue weighted by Gasteiger charge is -2.38. The van der Waals surface area contributed by atoms with Gasteiger partial charge >= 0.3 is 0 Å². The van der Waals surface area contributed by atoms with Crippen LogP contribution in [-0.2, 0) is 14.6 Å². The lowest BCUT2D eigenvalue weighted by atomic mass is 10.2. The first-order valence-electron chi connectivity index (χ1n) is 8.12. The van der Waals surface area contributed by atoms with Crippen molar-refractivity contribution in [2.45, 2.75) is 31.4 Å². The van der Waals surface area contributed by atoms with Crippen molar-refractivity contribution in [3.8, 4) is 0 Å². The third-order valence-corrected chi connectivity index (χ3v) is 6.98. The topological polar surface area (TPSA) is 61.9 Å². The fourth-order valence-electron chi connectivity index (χ4n) is 3.47. The van der Waals surface area contributed by atoms with E-state index in [4.69, 9.17) is 17.0 Å². The highest BCUT2D eigenvalue weighted by Crippen LogP contribution is 2.19. The Bertz CT molecular complexity index is 497. The summed E-state index contributed by atoms with van der Waals surface area (Å²) in [5, 5.41) is 4.11.